The number of hydrogen-bond acceptors (Lipinski definition) is 4. The van der Waals surface area contributed by atoms with E-state index >= 15 is 0 Å². The number of likely N-dealkylation sites (tertiary alicyclic amines) is 1. The van der Waals surface area contributed by atoms with E-state index in [9.17, 15) is 9.59 Å². The van der Waals surface area contributed by atoms with Gasteiger partial charge in [-0.05, 0) is 48.2 Å². The molecule has 0 aromatic heterocycles. The summed E-state index contributed by atoms with van der Waals surface area (Å²) >= 11 is 5.83. The van der Waals surface area contributed by atoms with Crippen LogP contribution < -0.4 is 5.32 Å². The number of hydrogen-bond donors (Lipinski definition) is 1. The van der Waals surface area contributed by atoms with E-state index in [2.05, 4.69) is 5.32 Å². The lowest BCUT2D eigenvalue weighted by molar-refractivity contribution is -0.131. The van der Waals surface area contributed by atoms with E-state index in [4.69, 9.17) is 21.1 Å². The molecule has 1 fully saturated rings. The molecular weight excluding hydrogens is 392 g/mol. The Kier molecular flexibility index (Phi) is 7.49. The Balaban J connectivity index is 1.39. The number of carbonyl (C=O) groups excluding carboxylic acids is 2. The third-order valence-corrected chi connectivity index (χ3v) is 5.11. The van der Waals surface area contributed by atoms with Crippen molar-refractivity contribution in [2.45, 2.75) is 39.1 Å². The van der Waals surface area contributed by atoms with Gasteiger partial charge in [0.25, 0.3) is 0 Å². The fourth-order valence-corrected chi connectivity index (χ4v) is 3.25. The summed E-state index contributed by atoms with van der Waals surface area (Å²) in [6, 6.07) is 14.6. The van der Waals surface area contributed by atoms with E-state index in [1.807, 2.05) is 41.3 Å². The fourth-order valence-electron chi connectivity index (χ4n) is 3.12. The average molecular weight is 417 g/mol. The second kappa shape index (κ2) is 10.3. The topological polar surface area (TPSA) is 67.9 Å². The standard InChI is InChI=1S/C22H25ClN2O4/c1-16(26)25-12-10-21(11-13-25)28-14-18-4-8-20(9-5-18)24-22(27)29-15-17-2-6-19(23)7-3-17/h2-9,21H,10-15H2,1H3,(H,24,27). The summed E-state index contributed by atoms with van der Waals surface area (Å²) in [7, 11) is 0. The van der Waals surface area contributed by atoms with Crippen molar-refractivity contribution in [1.29, 1.82) is 0 Å². The molecule has 3 rings (SSSR count). The second-order valence-corrected chi connectivity index (χ2v) is 7.48. The van der Waals surface area contributed by atoms with Crippen molar-refractivity contribution in [3.05, 3.63) is 64.7 Å². The number of nitrogens with zero attached hydrogens (tertiary/aromatic N) is 1. The zero-order valence-corrected chi connectivity index (χ0v) is 17.2. The number of rotatable bonds is 6. The second-order valence-electron chi connectivity index (χ2n) is 7.04. The largest absolute Gasteiger partial charge is 0.444 e. The molecule has 0 bridgehead atoms. The summed E-state index contributed by atoms with van der Waals surface area (Å²) in [6.07, 6.45) is 1.38. The molecule has 6 nitrogen and oxygen atoms in total. The molecule has 0 aliphatic carbocycles. The third kappa shape index (κ3) is 6.76. The Morgan fingerprint density at radius 3 is 2.21 bits per heavy atom. The van der Waals surface area contributed by atoms with Gasteiger partial charge in [0.1, 0.15) is 6.61 Å². The highest BCUT2D eigenvalue weighted by atomic mass is 35.5. The molecule has 154 valence electrons. The molecule has 0 radical (unpaired) electrons. The van der Waals surface area contributed by atoms with Crippen molar-refractivity contribution in [3.8, 4) is 0 Å². The summed E-state index contributed by atoms with van der Waals surface area (Å²) in [4.78, 5) is 25.1. The van der Waals surface area contributed by atoms with E-state index < -0.39 is 6.09 Å². The lowest BCUT2D eigenvalue weighted by Gasteiger charge is -2.31. The first-order valence-corrected chi connectivity index (χ1v) is 10.0. The third-order valence-electron chi connectivity index (χ3n) is 4.86. The minimum absolute atomic E-state index is 0.123. The van der Waals surface area contributed by atoms with Crippen LogP contribution in [0.25, 0.3) is 0 Å². The molecule has 0 spiro atoms. The van der Waals surface area contributed by atoms with Crippen molar-refractivity contribution >= 4 is 29.3 Å². The average Bonchev–Trinajstić information content (AvgIpc) is 2.73. The van der Waals surface area contributed by atoms with E-state index in [0.29, 0.717) is 17.3 Å². The molecule has 0 atom stereocenters. The van der Waals surface area contributed by atoms with Crippen LogP contribution in [-0.4, -0.2) is 36.1 Å². The van der Waals surface area contributed by atoms with Crippen LogP contribution >= 0.6 is 11.6 Å². The fraction of sp³-hybridized carbons (Fsp3) is 0.364. The van der Waals surface area contributed by atoms with Gasteiger partial charge in [0.2, 0.25) is 5.91 Å². The summed E-state index contributed by atoms with van der Waals surface area (Å²) in [5.74, 6) is 0.123. The van der Waals surface area contributed by atoms with Crippen LogP contribution in [0.2, 0.25) is 5.02 Å². The van der Waals surface area contributed by atoms with Crippen LogP contribution in [0.15, 0.2) is 48.5 Å². The van der Waals surface area contributed by atoms with E-state index in [1.165, 1.54) is 0 Å². The summed E-state index contributed by atoms with van der Waals surface area (Å²) in [5.41, 5.74) is 2.55. The predicted molar refractivity (Wildman–Crippen MR) is 112 cm³/mol. The number of nitrogens with one attached hydrogen (secondary N) is 1. The molecule has 2 amide bonds. The van der Waals surface area contributed by atoms with Gasteiger partial charge in [-0.2, -0.15) is 0 Å². The first-order chi connectivity index (χ1) is 14.0. The van der Waals surface area contributed by atoms with E-state index in [1.54, 1.807) is 19.1 Å². The molecule has 0 unspecified atom stereocenters. The SMILES string of the molecule is CC(=O)N1CCC(OCc2ccc(NC(=O)OCc3ccc(Cl)cc3)cc2)CC1. The number of ether oxygens (including phenoxy) is 2. The molecule has 1 aliphatic rings. The molecule has 1 N–H and O–H groups in total. The van der Waals surface area contributed by atoms with Crippen LogP contribution in [0.4, 0.5) is 10.5 Å². The maximum atomic E-state index is 11.9. The minimum Gasteiger partial charge on any atom is -0.444 e. The van der Waals surface area contributed by atoms with Gasteiger partial charge in [0.05, 0.1) is 12.7 Å². The van der Waals surface area contributed by atoms with Gasteiger partial charge in [-0.3, -0.25) is 10.1 Å². The lowest BCUT2D eigenvalue weighted by Crippen LogP contribution is -2.39. The summed E-state index contributed by atoms with van der Waals surface area (Å²) in [5, 5.41) is 3.35. The van der Waals surface area contributed by atoms with Crippen molar-refractivity contribution in [2.75, 3.05) is 18.4 Å². The van der Waals surface area contributed by atoms with Gasteiger partial charge >= 0.3 is 6.09 Å². The maximum absolute atomic E-state index is 11.9. The predicted octanol–water partition coefficient (Wildman–Crippen LogP) is 4.62. The Labute approximate surface area is 175 Å². The van der Waals surface area contributed by atoms with Gasteiger partial charge < -0.3 is 14.4 Å². The highest BCUT2D eigenvalue weighted by Crippen LogP contribution is 2.17. The van der Waals surface area contributed by atoms with Crippen LogP contribution in [-0.2, 0) is 27.5 Å². The highest BCUT2D eigenvalue weighted by molar-refractivity contribution is 6.30. The highest BCUT2D eigenvalue weighted by Gasteiger charge is 2.21. The van der Waals surface area contributed by atoms with Crippen molar-refractivity contribution < 1.29 is 19.1 Å². The number of halogens is 1. The number of anilines is 1. The zero-order valence-electron chi connectivity index (χ0n) is 16.4. The Hall–Kier alpha value is -2.57. The molecule has 0 saturated carbocycles. The number of piperidine rings is 1. The molecule has 2 aromatic carbocycles. The Bertz CT molecular complexity index is 816. The van der Waals surface area contributed by atoms with Crippen molar-refractivity contribution in [2.24, 2.45) is 0 Å². The maximum Gasteiger partial charge on any atom is 0.411 e. The molecule has 1 aliphatic heterocycles. The molecular formula is C22H25ClN2O4. The Morgan fingerprint density at radius 1 is 1.00 bits per heavy atom. The molecule has 1 saturated heterocycles. The number of carbonyl (C=O) groups is 2. The molecule has 1 heterocycles. The van der Waals surface area contributed by atoms with Crippen molar-refractivity contribution in [3.63, 3.8) is 0 Å². The normalized spacial score (nSPS) is 14.5. The molecule has 29 heavy (non-hydrogen) atoms. The van der Waals surface area contributed by atoms with Crippen LogP contribution in [0, 0.1) is 0 Å². The van der Waals surface area contributed by atoms with Gasteiger partial charge in [-0.1, -0.05) is 35.9 Å². The smallest absolute Gasteiger partial charge is 0.411 e. The first-order valence-electron chi connectivity index (χ1n) is 9.64. The monoisotopic (exact) mass is 416 g/mol. The van der Waals surface area contributed by atoms with Crippen LogP contribution in [0.3, 0.4) is 0 Å². The molecule has 2 aromatic rings. The Morgan fingerprint density at radius 2 is 1.59 bits per heavy atom. The van der Waals surface area contributed by atoms with Gasteiger partial charge in [-0.15, -0.1) is 0 Å². The first kappa shape index (κ1) is 21.1. The zero-order chi connectivity index (χ0) is 20.6. The van der Waals surface area contributed by atoms with Crippen LogP contribution in [0.1, 0.15) is 30.9 Å². The minimum atomic E-state index is -0.513. The van der Waals surface area contributed by atoms with Gasteiger partial charge in [0.15, 0.2) is 0 Å². The molecule has 7 heteroatoms. The van der Waals surface area contributed by atoms with Gasteiger partial charge in [-0.25, -0.2) is 4.79 Å². The van der Waals surface area contributed by atoms with Gasteiger partial charge in [0, 0.05) is 30.7 Å². The van der Waals surface area contributed by atoms with E-state index in [0.717, 1.165) is 37.1 Å². The number of benzene rings is 2. The number of amides is 2. The van der Waals surface area contributed by atoms with Crippen molar-refractivity contribution in [1.82, 2.24) is 4.90 Å². The summed E-state index contributed by atoms with van der Waals surface area (Å²) in [6.45, 7) is 3.79. The lowest BCUT2D eigenvalue weighted by atomic mass is 10.1. The van der Waals surface area contributed by atoms with Crippen LogP contribution in [0.5, 0.6) is 0 Å². The van der Waals surface area contributed by atoms with E-state index in [-0.39, 0.29) is 18.6 Å². The quantitative estimate of drug-likeness (QED) is 0.746. The summed E-state index contributed by atoms with van der Waals surface area (Å²) < 4.78 is 11.2.